The maximum Gasteiger partial charge on any atom is 0.415 e. The Bertz CT molecular complexity index is 966. The predicted octanol–water partition coefficient (Wildman–Crippen LogP) is 4.41. The third kappa shape index (κ3) is 4.55. The summed E-state index contributed by atoms with van der Waals surface area (Å²) in [7, 11) is 1.31. The van der Waals surface area contributed by atoms with Gasteiger partial charge in [0.2, 0.25) is 0 Å². The molecule has 2 amide bonds. The number of benzene rings is 2. The van der Waals surface area contributed by atoms with Crippen molar-refractivity contribution in [3.05, 3.63) is 60.2 Å². The van der Waals surface area contributed by atoms with Gasteiger partial charge in [-0.25, -0.2) is 9.59 Å². The molecule has 0 aromatic heterocycles. The van der Waals surface area contributed by atoms with Gasteiger partial charge >= 0.3 is 12.1 Å². The van der Waals surface area contributed by atoms with Crippen LogP contribution < -0.4 is 9.80 Å². The first-order chi connectivity index (χ1) is 14.6. The van der Waals surface area contributed by atoms with Gasteiger partial charge in [0.15, 0.2) is 0 Å². The predicted molar refractivity (Wildman–Crippen MR) is 118 cm³/mol. The van der Waals surface area contributed by atoms with Gasteiger partial charge in [0.1, 0.15) is 11.1 Å². The fourth-order valence-electron chi connectivity index (χ4n) is 3.65. The highest BCUT2D eigenvalue weighted by Gasteiger charge is 2.51. The monoisotopic (exact) mass is 424 g/mol. The zero-order valence-electron chi connectivity index (χ0n) is 18.5. The van der Waals surface area contributed by atoms with Gasteiger partial charge in [-0.2, -0.15) is 0 Å². The van der Waals surface area contributed by atoms with Crippen LogP contribution in [-0.2, 0) is 14.3 Å². The Morgan fingerprint density at radius 3 is 2.19 bits per heavy atom. The van der Waals surface area contributed by atoms with Crippen LogP contribution in [-0.4, -0.2) is 42.8 Å². The van der Waals surface area contributed by atoms with Crippen LogP contribution in [0.25, 0.3) is 0 Å². The van der Waals surface area contributed by atoms with E-state index in [9.17, 15) is 14.4 Å². The summed E-state index contributed by atoms with van der Waals surface area (Å²) in [5.74, 6) is -0.671. The number of nitrogens with zero attached hydrogens (tertiary/aromatic N) is 2. The summed E-state index contributed by atoms with van der Waals surface area (Å²) < 4.78 is 10.4. The van der Waals surface area contributed by atoms with E-state index in [0.717, 1.165) is 5.69 Å². The lowest BCUT2D eigenvalue weighted by atomic mass is 9.97. The van der Waals surface area contributed by atoms with Gasteiger partial charge in [0, 0.05) is 17.9 Å². The summed E-state index contributed by atoms with van der Waals surface area (Å²) in [5, 5.41) is 0. The van der Waals surface area contributed by atoms with Crippen molar-refractivity contribution in [2.75, 3.05) is 23.5 Å². The Labute approximate surface area is 182 Å². The first-order valence-corrected chi connectivity index (χ1v) is 10.2. The van der Waals surface area contributed by atoms with E-state index < -0.39 is 23.2 Å². The molecule has 1 heterocycles. The fourth-order valence-corrected chi connectivity index (χ4v) is 3.65. The second-order valence-corrected chi connectivity index (χ2v) is 8.67. The van der Waals surface area contributed by atoms with Gasteiger partial charge in [-0.05, 0) is 70.5 Å². The first kappa shape index (κ1) is 22.3. The Kier molecular flexibility index (Phi) is 6.06. The molecular formula is C24H28N2O5. The van der Waals surface area contributed by atoms with Crippen LogP contribution in [0, 0.1) is 0 Å². The van der Waals surface area contributed by atoms with Crippen molar-refractivity contribution in [3.8, 4) is 0 Å². The molecule has 1 atom stereocenters. The lowest BCUT2D eigenvalue weighted by Crippen LogP contribution is -2.56. The van der Waals surface area contributed by atoms with Crippen LogP contribution >= 0.6 is 0 Å². The molecule has 1 aliphatic heterocycles. The van der Waals surface area contributed by atoms with Crippen LogP contribution in [0.2, 0.25) is 0 Å². The molecule has 0 aliphatic carbocycles. The first-order valence-electron chi connectivity index (χ1n) is 10.2. The molecule has 0 spiro atoms. The van der Waals surface area contributed by atoms with Crippen molar-refractivity contribution < 1.29 is 23.9 Å². The van der Waals surface area contributed by atoms with Crippen LogP contribution in [0.5, 0.6) is 0 Å². The largest absolute Gasteiger partial charge is 0.465 e. The van der Waals surface area contributed by atoms with Gasteiger partial charge in [0.05, 0.1) is 12.7 Å². The quantitative estimate of drug-likeness (QED) is 0.680. The molecule has 164 valence electrons. The minimum atomic E-state index is -1.15. The molecule has 7 nitrogen and oxygen atoms in total. The van der Waals surface area contributed by atoms with Crippen molar-refractivity contribution in [2.24, 2.45) is 0 Å². The van der Waals surface area contributed by atoms with Gasteiger partial charge in [-0.1, -0.05) is 18.2 Å². The van der Waals surface area contributed by atoms with E-state index in [2.05, 4.69) is 0 Å². The fraction of sp³-hybridized carbons (Fsp3) is 0.375. The number of methoxy groups -OCH3 is 1. The third-order valence-corrected chi connectivity index (χ3v) is 5.21. The molecule has 31 heavy (non-hydrogen) atoms. The number of amides is 2. The highest BCUT2D eigenvalue weighted by molar-refractivity contribution is 6.09. The smallest absolute Gasteiger partial charge is 0.415 e. The number of ether oxygens (including phenoxy) is 2. The topological polar surface area (TPSA) is 76.2 Å². The maximum atomic E-state index is 13.5. The van der Waals surface area contributed by atoms with Crippen molar-refractivity contribution in [3.63, 3.8) is 0 Å². The van der Waals surface area contributed by atoms with Gasteiger partial charge in [-0.3, -0.25) is 9.69 Å². The highest BCUT2D eigenvalue weighted by atomic mass is 16.6. The SMILES string of the molecule is COC(=O)c1ccc(N(C(=O)OC(C)(C)C)C2(C)CCN(c3ccccc3)C2=O)cc1. The molecule has 2 aromatic rings. The molecule has 0 bridgehead atoms. The van der Waals surface area contributed by atoms with E-state index in [4.69, 9.17) is 9.47 Å². The van der Waals surface area contributed by atoms with E-state index in [1.54, 1.807) is 56.9 Å². The summed E-state index contributed by atoms with van der Waals surface area (Å²) in [6, 6.07) is 15.7. The average Bonchev–Trinajstić information content (AvgIpc) is 3.02. The number of carbonyl (C=O) groups excluding carboxylic acids is 3. The van der Waals surface area contributed by atoms with Crippen LogP contribution in [0.1, 0.15) is 44.5 Å². The minimum absolute atomic E-state index is 0.193. The maximum absolute atomic E-state index is 13.5. The second-order valence-electron chi connectivity index (χ2n) is 8.67. The van der Waals surface area contributed by atoms with E-state index >= 15 is 0 Å². The number of anilines is 2. The molecule has 1 saturated heterocycles. The summed E-state index contributed by atoms with van der Waals surface area (Å²) in [6.45, 7) is 7.55. The Hall–Kier alpha value is -3.35. The molecule has 2 aromatic carbocycles. The molecule has 7 heteroatoms. The third-order valence-electron chi connectivity index (χ3n) is 5.21. The molecule has 0 saturated carbocycles. The van der Waals surface area contributed by atoms with Crippen LogP contribution in [0.15, 0.2) is 54.6 Å². The Morgan fingerprint density at radius 1 is 1.03 bits per heavy atom. The van der Waals surface area contributed by atoms with Crippen molar-refractivity contribution in [1.29, 1.82) is 0 Å². The number of rotatable bonds is 4. The second kappa shape index (κ2) is 8.41. The molecule has 0 N–H and O–H groups in total. The zero-order chi connectivity index (χ0) is 22.8. The minimum Gasteiger partial charge on any atom is -0.465 e. The van der Waals surface area contributed by atoms with Crippen molar-refractivity contribution >= 4 is 29.3 Å². The van der Waals surface area contributed by atoms with E-state index in [1.807, 2.05) is 30.3 Å². The molecular weight excluding hydrogens is 396 g/mol. The van der Waals surface area contributed by atoms with Crippen LogP contribution in [0.3, 0.4) is 0 Å². The van der Waals surface area contributed by atoms with Crippen molar-refractivity contribution in [1.82, 2.24) is 0 Å². The average molecular weight is 424 g/mol. The molecule has 1 aliphatic rings. The summed E-state index contributed by atoms with van der Waals surface area (Å²) >= 11 is 0. The number of hydrogen-bond donors (Lipinski definition) is 0. The molecule has 1 fully saturated rings. The summed E-state index contributed by atoms with van der Waals surface area (Å²) in [4.78, 5) is 41.7. The molecule has 0 radical (unpaired) electrons. The van der Waals surface area contributed by atoms with E-state index in [0.29, 0.717) is 24.2 Å². The Morgan fingerprint density at radius 2 is 1.65 bits per heavy atom. The lowest BCUT2D eigenvalue weighted by Gasteiger charge is -2.37. The number of para-hydroxylation sites is 1. The van der Waals surface area contributed by atoms with E-state index in [1.165, 1.54) is 12.0 Å². The summed E-state index contributed by atoms with van der Waals surface area (Å²) in [6.07, 6.45) is -0.192. The highest BCUT2D eigenvalue weighted by Crippen LogP contribution is 2.37. The standard InChI is InChI=1S/C24H28N2O5/c1-23(2,3)31-22(29)26(19-13-11-17(12-14-19)20(27)30-5)24(4)15-16-25(21(24)28)18-9-7-6-8-10-18/h6-14H,15-16H2,1-5H3. The Balaban J connectivity index is 2.01. The van der Waals surface area contributed by atoms with Crippen LogP contribution in [0.4, 0.5) is 16.2 Å². The normalized spacial score (nSPS) is 18.6. The zero-order valence-corrected chi connectivity index (χ0v) is 18.5. The number of esters is 1. The lowest BCUT2D eigenvalue weighted by molar-refractivity contribution is -0.121. The number of carbonyl (C=O) groups is 3. The van der Waals surface area contributed by atoms with E-state index in [-0.39, 0.29) is 5.91 Å². The molecule has 1 unspecified atom stereocenters. The summed E-state index contributed by atoms with van der Waals surface area (Å²) in [5.41, 5.74) is -0.290. The molecule has 3 rings (SSSR count). The van der Waals surface area contributed by atoms with Gasteiger partial charge in [-0.15, -0.1) is 0 Å². The van der Waals surface area contributed by atoms with Gasteiger partial charge in [0.25, 0.3) is 5.91 Å². The van der Waals surface area contributed by atoms with Gasteiger partial charge < -0.3 is 14.4 Å². The van der Waals surface area contributed by atoms with Crippen molar-refractivity contribution in [2.45, 2.75) is 45.3 Å². The number of hydrogen-bond acceptors (Lipinski definition) is 5.